The predicted octanol–water partition coefficient (Wildman–Crippen LogP) is 6.15. The van der Waals surface area contributed by atoms with E-state index in [0.717, 1.165) is 70.8 Å². The Morgan fingerprint density at radius 2 is 1.68 bits per heavy atom. The van der Waals surface area contributed by atoms with E-state index in [1.54, 1.807) is 0 Å². The van der Waals surface area contributed by atoms with Crippen molar-refractivity contribution in [2.75, 3.05) is 31.5 Å². The quantitative estimate of drug-likeness (QED) is 0.399. The summed E-state index contributed by atoms with van der Waals surface area (Å²) in [7, 11) is 0. The fraction of sp³-hybridized carbons (Fsp3) is 0.355. The van der Waals surface area contributed by atoms with Gasteiger partial charge in [-0.05, 0) is 82.0 Å². The molecule has 2 aromatic carbocycles. The molecule has 196 valence electrons. The number of likely N-dealkylation sites (tertiary alicyclic amines) is 2. The third-order valence-electron chi connectivity index (χ3n) is 8.38. The maximum Gasteiger partial charge on any atom is 0.256 e. The number of piperidine rings is 1. The van der Waals surface area contributed by atoms with Gasteiger partial charge in [-0.1, -0.05) is 41.9 Å². The molecule has 0 bridgehead atoms. The molecule has 6 rings (SSSR count). The van der Waals surface area contributed by atoms with Crippen molar-refractivity contribution in [3.05, 3.63) is 75.6 Å². The number of hydrogen-bond donors (Lipinski definition) is 2. The van der Waals surface area contributed by atoms with Gasteiger partial charge >= 0.3 is 0 Å². The van der Waals surface area contributed by atoms with Crippen LogP contribution in [0, 0.1) is 13.8 Å². The number of nitrogens with one attached hydrogen (secondary N) is 2. The fourth-order valence-electron chi connectivity index (χ4n) is 6.37. The second kappa shape index (κ2) is 10.1. The fourth-order valence-corrected chi connectivity index (χ4v) is 6.61. The Morgan fingerprint density at radius 1 is 0.974 bits per heavy atom. The number of anilines is 1. The van der Waals surface area contributed by atoms with Gasteiger partial charge in [0.05, 0.1) is 11.1 Å². The van der Waals surface area contributed by atoms with E-state index >= 15 is 0 Å². The highest BCUT2D eigenvalue weighted by molar-refractivity contribution is 6.37. The molecular weight excluding hydrogens is 496 g/mol. The van der Waals surface area contributed by atoms with Crippen molar-refractivity contribution in [1.29, 1.82) is 0 Å². The lowest BCUT2D eigenvalue weighted by atomic mass is 9.94. The van der Waals surface area contributed by atoms with Gasteiger partial charge in [-0.25, -0.2) is 0 Å². The van der Waals surface area contributed by atoms with E-state index < -0.39 is 0 Å². The van der Waals surface area contributed by atoms with Gasteiger partial charge < -0.3 is 20.1 Å². The molecule has 4 heterocycles. The van der Waals surface area contributed by atoms with Crippen LogP contribution in [0.4, 0.5) is 5.69 Å². The molecule has 0 spiro atoms. The third kappa shape index (κ3) is 4.36. The highest BCUT2D eigenvalue weighted by Crippen LogP contribution is 2.42. The normalized spacial score (nSPS) is 19.3. The first-order chi connectivity index (χ1) is 18.4. The molecule has 1 aromatic heterocycles. The summed E-state index contributed by atoms with van der Waals surface area (Å²) >= 11 is 6.53. The molecule has 0 saturated carbocycles. The highest BCUT2D eigenvalue weighted by atomic mass is 35.5. The van der Waals surface area contributed by atoms with Crippen LogP contribution in [-0.4, -0.2) is 58.8 Å². The molecule has 38 heavy (non-hydrogen) atoms. The molecular formula is C31H33ClN4O2. The maximum absolute atomic E-state index is 13.6. The smallest absolute Gasteiger partial charge is 0.256 e. The van der Waals surface area contributed by atoms with Crippen LogP contribution in [0.25, 0.3) is 22.8 Å². The van der Waals surface area contributed by atoms with Gasteiger partial charge in [0, 0.05) is 52.4 Å². The van der Waals surface area contributed by atoms with Crippen LogP contribution in [0.5, 0.6) is 0 Å². The summed E-state index contributed by atoms with van der Waals surface area (Å²) in [5.41, 5.74) is 7.13. The number of H-pyrrole nitrogens is 1. The van der Waals surface area contributed by atoms with E-state index in [1.807, 2.05) is 67.3 Å². The van der Waals surface area contributed by atoms with Crippen LogP contribution in [-0.2, 0) is 4.79 Å². The first-order valence-corrected chi connectivity index (χ1v) is 13.9. The average Bonchev–Trinajstić information content (AvgIpc) is 3.63. The maximum atomic E-state index is 13.6. The van der Waals surface area contributed by atoms with Gasteiger partial charge in [-0.3, -0.25) is 9.59 Å². The Labute approximate surface area is 228 Å². The van der Waals surface area contributed by atoms with Crippen molar-refractivity contribution in [1.82, 2.24) is 14.8 Å². The molecule has 3 aliphatic rings. The van der Waals surface area contributed by atoms with E-state index in [0.29, 0.717) is 16.6 Å². The molecule has 2 N–H and O–H groups in total. The molecule has 0 unspecified atom stereocenters. The van der Waals surface area contributed by atoms with E-state index in [-0.39, 0.29) is 11.8 Å². The standard InChI is InChI=1S/C31H33ClN4O2/c1-19-27(33-20(2)28(19)31(38)36-16-12-21(13-17-36)35-14-5-6-15-35)18-24-29-23(22-8-3-4-10-25(22)32)9-7-11-26(29)34-30(24)37/h3-4,7-11,18,21,33H,5-6,12-17H2,1-2H3,(H,34,37)/b24-18-. The molecule has 2 amide bonds. The molecule has 0 radical (unpaired) electrons. The number of nitrogens with zero attached hydrogens (tertiary/aromatic N) is 2. The Bertz CT molecular complexity index is 1440. The van der Waals surface area contributed by atoms with Gasteiger partial charge in [0.15, 0.2) is 0 Å². The number of aromatic nitrogens is 1. The van der Waals surface area contributed by atoms with E-state index in [2.05, 4.69) is 15.2 Å². The molecule has 7 heteroatoms. The second-order valence-corrected chi connectivity index (χ2v) is 11.1. The zero-order chi connectivity index (χ0) is 26.4. The lowest BCUT2D eigenvalue weighted by Crippen LogP contribution is -2.46. The van der Waals surface area contributed by atoms with Gasteiger partial charge in [0.25, 0.3) is 11.8 Å². The molecule has 2 saturated heterocycles. The van der Waals surface area contributed by atoms with E-state index in [4.69, 9.17) is 11.6 Å². The number of carbonyl (C=O) groups excluding carboxylic acids is 2. The number of hydrogen-bond acceptors (Lipinski definition) is 3. The number of aryl methyl sites for hydroxylation is 1. The van der Waals surface area contributed by atoms with Crippen molar-refractivity contribution in [2.24, 2.45) is 0 Å². The summed E-state index contributed by atoms with van der Waals surface area (Å²) in [5.74, 6) is -0.0863. The molecule has 3 aromatic rings. The van der Waals surface area contributed by atoms with Gasteiger partial charge in [0.1, 0.15) is 0 Å². The second-order valence-electron chi connectivity index (χ2n) is 10.7. The minimum absolute atomic E-state index is 0.0776. The number of carbonyl (C=O) groups is 2. The van der Waals surface area contributed by atoms with Gasteiger partial charge in [-0.15, -0.1) is 0 Å². The molecule has 2 fully saturated rings. The average molecular weight is 529 g/mol. The molecule has 0 atom stereocenters. The zero-order valence-corrected chi connectivity index (χ0v) is 22.7. The van der Waals surface area contributed by atoms with Crippen molar-refractivity contribution >= 4 is 40.8 Å². The van der Waals surface area contributed by atoms with Crippen LogP contribution >= 0.6 is 11.6 Å². The first-order valence-electron chi connectivity index (χ1n) is 13.6. The lowest BCUT2D eigenvalue weighted by Gasteiger charge is -2.36. The Balaban J connectivity index is 1.30. The third-order valence-corrected chi connectivity index (χ3v) is 8.71. The van der Waals surface area contributed by atoms with E-state index in [9.17, 15) is 9.59 Å². The van der Waals surface area contributed by atoms with E-state index in [1.165, 1.54) is 25.9 Å². The SMILES string of the molecule is Cc1[nH]c(/C=C2\C(=O)Nc3cccc(-c4ccccc4Cl)c32)c(C)c1C(=O)N1CCC(N2CCCC2)CC1. The van der Waals surface area contributed by atoms with Crippen LogP contribution in [0.3, 0.4) is 0 Å². The van der Waals surface area contributed by atoms with Crippen molar-refractivity contribution in [2.45, 2.75) is 45.6 Å². The van der Waals surface area contributed by atoms with Crippen LogP contribution < -0.4 is 5.32 Å². The van der Waals surface area contributed by atoms with Crippen LogP contribution in [0.1, 0.15) is 58.6 Å². The van der Waals surface area contributed by atoms with Crippen molar-refractivity contribution < 1.29 is 9.59 Å². The molecule has 6 nitrogen and oxygen atoms in total. The van der Waals surface area contributed by atoms with Crippen LogP contribution in [0.2, 0.25) is 5.02 Å². The summed E-state index contributed by atoms with van der Waals surface area (Å²) in [6.07, 6.45) is 6.53. The van der Waals surface area contributed by atoms with Gasteiger partial charge in [0.2, 0.25) is 0 Å². The Kier molecular flexibility index (Phi) is 6.62. The summed E-state index contributed by atoms with van der Waals surface area (Å²) in [6.45, 7) is 7.88. The first kappa shape index (κ1) is 25.0. The zero-order valence-electron chi connectivity index (χ0n) is 21.9. The Hall–Kier alpha value is -3.35. The van der Waals surface area contributed by atoms with Crippen molar-refractivity contribution in [3.63, 3.8) is 0 Å². The number of fused-ring (bicyclic) bond motifs is 1. The molecule has 0 aliphatic carbocycles. The monoisotopic (exact) mass is 528 g/mol. The van der Waals surface area contributed by atoms with Gasteiger partial charge in [-0.2, -0.15) is 0 Å². The number of amides is 2. The summed E-state index contributed by atoms with van der Waals surface area (Å²) in [5, 5.41) is 3.63. The minimum atomic E-state index is -0.164. The largest absolute Gasteiger partial charge is 0.358 e. The Morgan fingerprint density at radius 3 is 2.42 bits per heavy atom. The number of benzene rings is 2. The van der Waals surface area contributed by atoms with Crippen LogP contribution in [0.15, 0.2) is 42.5 Å². The minimum Gasteiger partial charge on any atom is -0.358 e. The predicted molar refractivity (Wildman–Crippen MR) is 153 cm³/mol. The summed E-state index contributed by atoms with van der Waals surface area (Å²) in [4.78, 5) is 34.8. The number of rotatable bonds is 4. The number of halogens is 1. The number of aromatic amines is 1. The molecule has 3 aliphatic heterocycles. The summed E-state index contributed by atoms with van der Waals surface area (Å²) in [6, 6.07) is 14.1. The summed E-state index contributed by atoms with van der Waals surface area (Å²) < 4.78 is 0. The topological polar surface area (TPSA) is 68.4 Å². The van der Waals surface area contributed by atoms with Crippen molar-refractivity contribution in [3.8, 4) is 11.1 Å². The highest BCUT2D eigenvalue weighted by Gasteiger charge is 2.32. The lowest BCUT2D eigenvalue weighted by molar-refractivity contribution is -0.110.